The molecule has 3 rings (SSSR count). The molecule has 1 N–H and O–H groups in total. The number of rotatable bonds is 8. The van der Waals surface area contributed by atoms with Crippen LogP contribution in [0.5, 0.6) is 0 Å². The lowest BCUT2D eigenvalue weighted by Crippen LogP contribution is -2.37. The molecule has 1 fully saturated rings. The summed E-state index contributed by atoms with van der Waals surface area (Å²) in [6.45, 7) is 14.8. The first kappa shape index (κ1) is 20.7. The van der Waals surface area contributed by atoms with E-state index in [0.717, 1.165) is 80.1 Å². The predicted molar refractivity (Wildman–Crippen MR) is 117 cm³/mol. The van der Waals surface area contributed by atoms with Crippen LogP contribution in [-0.2, 0) is 6.54 Å². The molecule has 0 bridgehead atoms. The maximum Gasteiger partial charge on any atom is 0.145 e. The molecule has 1 aliphatic heterocycles. The van der Waals surface area contributed by atoms with Crippen molar-refractivity contribution >= 4 is 16.7 Å². The number of hydrogen-bond donors (Lipinski definition) is 1. The number of aromatic nitrogens is 2. The van der Waals surface area contributed by atoms with Crippen LogP contribution < -0.4 is 4.90 Å². The monoisotopic (exact) mass is 382 g/mol. The highest BCUT2D eigenvalue weighted by atomic mass is 16.3. The summed E-state index contributed by atoms with van der Waals surface area (Å²) < 4.78 is 0. The molecule has 1 aromatic heterocycles. The van der Waals surface area contributed by atoms with Crippen LogP contribution in [-0.4, -0.2) is 52.3 Å². The van der Waals surface area contributed by atoms with E-state index in [1.54, 1.807) is 0 Å². The van der Waals surface area contributed by atoms with Crippen molar-refractivity contribution in [3.63, 3.8) is 0 Å². The van der Waals surface area contributed by atoms with Gasteiger partial charge in [-0.1, -0.05) is 31.2 Å². The summed E-state index contributed by atoms with van der Waals surface area (Å²) in [5, 5.41) is 11.2. The minimum absolute atomic E-state index is 0.161. The summed E-state index contributed by atoms with van der Waals surface area (Å²) in [4.78, 5) is 14.5. The van der Waals surface area contributed by atoms with E-state index < -0.39 is 0 Å². The van der Waals surface area contributed by atoms with E-state index in [2.05, 4.69) is 49.3 Å². The summed E-state index contributed by atoms with van der Waals surface area (Å²) in [5.74, 6) is 2.31. The average molecular weight is 383 g/mol. The van der Waals surface area contributed by atoms with Crippen LogP contribution in [0.2, 0.25) is 0 Å². The second kappa shape index (κ2) is 9.48. The second-order valence-electron chi connectivity index (χ2n) is 8.04. The summed E-state index contributed by atoms with van der Waals surface area (Å²) in [6, 6.07) is 8.26. The predicted octanol–water partition coefficient (Wildman–Crippen LogP) is 4.02. The normalized spacial score (nSPS) is 17.0. The van der Waals surface area contributed by atoms with Crippen LogP contribution in [0.25, 0.3) is 10.9 Å². The lowest BCUT2D eigenvalue weighted by atomic mass is 9.90. The van der Waals surface area contributed by atoms with Crippen LogP contribution in [0.15, 0.2) is 36.4 Å². The number of para-hydroxylation sites is 1. The van der Waals surface area contributed by atoms with E-state index in [0.29, 0.717) is 5.92 Å². The molecule has 2 aromatic rings. The molecule has 0 radical (unpaired) electrons. The Hall–Kier alpha value is -1.98. The van der Waals surface area contributed by atoms with Gasteiger partial charge in [0, 0.05) is 18.5 Å². The van der Waals surface area contributed by atoms with Gasteiger partial charge >= 0.3 is 0 Å². The van der Waals surface area contributed by atoms with Gasteiger partial charge in [-0.25, -0.2) is 9.97 Å². The Kier molecular flexibility index (Phi) is 7.03. The standard InChI is InChI=1S/C23H34N4O/c1-5-21(28)18-11-13-26(14-12-18)16-22-24-20-10-8-7-9-19(20)23(25-22)27(6-2)15-17(3)4/h7-10,18,21,28H,3,5-6,11-16H2,1-2,4H3. The fourth-order valence-corrected chi connectivity index (χ4v) is 4.11. The highest BCUT2D eigenvalue weighted by Gasteiger charge is 2.25. The zero-order chi connectivity index (χ0) is 20.1. The first-order chi connectivity index (χ1) is 13.5. The van der Waals surface area contributed by atoms with E-state index in [1.807, 2.05) is 12.1 Å². The second-order valence-corrected chi connectivity index (χ2v) is 8.04. The molecule has 1 saturated heterocycles. The number of aliphatic hydroxyl groups excluding tert-OH is 1. The molecule has 0 amide bonds. The van der Waals surface area contributed by atoms with Gasteiger partial charge in [0.2, 0.25) is 0 Å². The summed E-state index contributed by atoms with van der Waals surface area (Å²) in [7, 11) is 0. The van der Waals surface area contributed by atoms with Gasteiger partial charge in [0.05, 0.1) is 18.2 Å². The summed E-state index contributed by atoms with van der Waals surface area (Å²) in [5.41, 5.74) is 2.13. The Bertz CT molecular complexity index is 798. The van der Waals surface area contributed by atoms with Crippen LogP contribution in [0, 0.1) is 5.92 Å². The number of aliphatic hydroxyl groups is 1. The third kappa shape index (κ3) is 4.89. The number of nitrogens with zero attached hydrogens (tertiary/aromatic N) is 4. The maximum atomic E-state index is 10.1. The zero-order valence-corrected chi connectivity index (χ0v) is 17.6. The fourth-order valence-electron chi connectivity index (χ4n) is 4.11. The summed E-state index contributed by atoms with van der Waals surface area (Å²) >= 11 is 0. The van der Waals surface area contributed by atoms with Crippen molar-refractivity contribution in [3.05, 3.63) is 42.2 Å². The van der Waals surface area contributed by atoms with Crippen molar-refractivity contribution in [2.75, 3.05) is 31.1 Å². The van der Waals surface area contributed by atoms with Crippen molar-refractivity contribution in [2.24, 2.45) is 5.92 Å². The molecule has 0 saturated carbocycles. The van der Waals surface area contributed by atoms with Crippen LogP contribution >= 0.6 is 0 Å². The molecular weight excluding hydrogens is 348 g/mol. The Morgan fingerprint density at radius 1 is 1.25 bits per heavy atom. The number of fused-ring (bicyclic) bond motifs is 1. The molecule has 2 heterocycles. The molecule has 5 nitrogen and oxygen atoms in total. The lowest BCUT2D eigenvalue weighted by Gasteiger charge is -2.33. The molecule has 5 heteroatoms. The summed E-state index contributed by atoms with van der Waals surface area (Å²) in [6.07, 6.45) is 2.78. The van der Waals surface area contributed by atoms with Gasteiger partial charge < -0.3 is 10.0 Å². The lowest BCUT2D eigenvalue weighted by molar-refractivity contribution is 0.0543. The van der Waals surface area contributed by atoms with E-state index >= 15 is 0 Å². The quantitative estimate of drug-likeness (QED) is 0.699. The minimum atomic E-state index is -0.161. The van der Waals surface area contributed by atoms with Gasteiger partial charge in [0.1, 0.15) is 11.6 Å². The zero-order valence-electron chi connectivity index (χ0n) is 17.6. The van der Waals surface area contributed by atoms with Crippen molar-refractivity contribution in [2.45, 2.75) is 52.7 Å². The molecule has 1 aliphatic rings. The molecule has 1 aromatic carbocycles. The van der Waals surface area contributed by atoms with Crippen molar-refractivity contribution in [1.82, 2.24) is 14.9 Å². The van der Waals surface area contributed by atoms with Crippen molar-refractivity contribution < 1.29 is 5.11 Å². The number of benzene rings is 1. The number of likely N-dealkylation sites (N-methyl/N-ethyl adjacent to an activating group) is 1. The van der Waals surface area contributed by atoms with Crippen LogP contribution in [0.1, 0.15) is 45.9 Å². The van der Waals surface area contributed by atoms with Crippen molar-refractivity contribution in [3.8, 4) is 0 Å². The topological polar surface area (TPSA) is 52.5 Å². The third-order valence-electron chi connectivity index (χ3n) is 5.73. The van der Waals surface area contributed by atoms with Gasteiger partial charge in [0.25, 0.3) is 0 Å². The van der Waals surface area contributed by atoms with E-state index in [4.69, 9.17) is 9.97 Å². The van der Waals surface area contributed by atoms with E-state index in [1.165, 1.54) is 0 Å². The molecule has 152 valence electrons. The number of likely N-dealkylation sites (tertiary alicyclic amines) is 1. The van der Waals surface area contributed by atoms with Gasteiger partial charge in [-0.3, -0.25) is 4.90 Å². The molecule has 1 atom stereocenters. The fraction of sp³-hybridized carbons (Fsp3) is 0.565. The Labute approximate surface area is 169 Å². The smallest absolute Gasteiger partial charge is 0.145 e. The maximum absolute atomic E-state index is 10.1. The largest absolute Gasteiger partial charge is 0.393 e. The van der Waals surface area contributed by atoms with Gasteiger partial charge in [0.15, 0.2) is 0 Å². The van der Waals surface area contributed by atoms with Gasteiger partial charge in [-0.05, 0) is 64.3 Å². The Morgan fingerprint density at radius 2 is 1.96 bits per heavy atom. The Balaban J connectivity index is 1.81. The molecule has 1 unspecified atom stereocenters. The molecular formula is C23H34N4O. The highest BCUT2D eigenvalue weighted by Crippen LogP contribution is 2.26. The Morgan fingerprint density at radius 3 is 2.61 bits per heavy atom. The molecule has 0 aliphatic carbocycles. The minimum Gasteiger partial charge on any atom is -0.393 e. The molecule has 0 spiro atoms. The van der Waals surface area contributed by atoms with Crippen LogP contribution in [0.3, 0.4) is 0 Å². The number of piperidine rings is 1. The third-order valence-corrected chi connectivity index (χ3v) is 5.73. The van der Waals surface area contributed by atoms with E-state index in [-0.39, 0.29) is 6.10 Å². The van der Waals surface area contributed by atoms with Crippen LogP contribution in [0.4, 0.5) is 5.82 Å². The number of anilines is 1. The number of hydrogen-bond acceptors (Lipinski definition) is 5. The first-order valence-electron chi connectivity index (χ1n) is 10.6. The van der Waals surface area contributed by atoms with E-state index in [9.17, 15) is 5.11 Å². The highest BCUT2D eigenvalue weighted by molar-refractivity contribution is 5.89. The SMILES string of the molecule is C=C(C)CN(CC)c1nc(CN2CCC(C(O)CC)CC2)nc2ccccc12. The molecule has 28 heavy (non-hydrogen) atoms. The van der Waals surface area contributed by atoms with Gasteiger partial charge in [-0.2, -0.15) is 0 Å². The average Bonchev–Trinajstić information content (AvgIpc) is 2.71. The first-order valence-corrected chi connectivity index (χ1v) is 10.6. The van der Waals surface area contributed by atoms with Gasteiger partial charge in [-0.15, -0.1) is 0 Å². The van der Waals surface area contributed by atoms with Crippen molar-refractivity contribution in [1.29, 1.82) is 0 Å².